The highest BCUT2D eigenvalue weighted by Crippen LogP contribution is 2.64. The van der Waals surface area contributed by atoms with Crippen LogP contribution in [-0.2, 0) is 10.8 Å². The minimum absolute atomic E-state index is 0.368. The smallest absolute Gasteiger partial charge is 0.456 e. The van der Waals surface area contributed by atoms with Crippen molar-refractivity contribution in [2.75, 3.05) is 0 Å². The van der Waals surface area contributed by atoms with Crippen molar-refractivity contribution < 1.29 is 23.3 Å². The second-order valence-corrected chi connectivity index (χ2v) is 30.6. The van der Waals surface area contributed by atoms with Crippen LogP contribution in [0.15, 0.2) is 356 Å². The number of halogens is 2. The van der Waals surface area contributed by atoms with Gasteiger partial charge in [-0.1, -0.05) is 281 Å². The Morgan fingerprint density at radius 2 is 0.620 bits per heavy atom. The molecule has 4 aliphatic rings. The molecule has 2 aliphatic carbocycles. The van der Waals surface area contributed by atoms with Crippen LogP contribution in [0.4, 0.5) is 0 Å². The molecule has 25 rings (SSSR count). The molecule has 0 saturated heterocycles. The van der Waals surface area contributed by atoms with Gasteiger partial charge in [-0.2, -0.15) is 0 Å². The third-order valence-corrected chi connectivity index (χ3v) is 24.6. The summed E-state index contributed by atoms with van der Waals surface area (Å²) in [7, 11) is -1.51. The van der Waals surface area contributed by atoms with Gasteiger partial charge in [0, 0.05) is 79.4 Å². The third-order valence-electron chi connectivity index (χ3n) is 23.6. The Bertz CT molecular complexity index is 7400. The molecule has 2 N–H and O–H groups in total. The van der Waals surface area contributed by atoms with Gasteiger partial charge >= 0.3 is 7.12 Å². The van der Waals surface area contributed by atoms with Gasteiger partial charge in [0.05, 0.1) is 44.3 Å². The number of nitrogens with zero attached hydrogens (tertiary/aromatic N) is 2. The summed E-state index contributed by atoms with van der Waals surface area (Å²) >= 11 is 7.61. The maximum atomic E-state index is 9.24. The number of rotatable bonds is 3. The summed E-state index contributed by atoms with van der Waals surface area (Å²) in [5.74, 6) is 0. The Balaban J connectivity index is 0.000000118. The number of benzene rings is 16. The van der Waals surface area contributed by atoms with Crippen molar-refractivity contribution in [3.05, 3.63) is 387 Å². The topological polar surface area (TPSA) is 89.7 Å². The molecule has 2 aliphatic heterocycles. The molecule has 506 valence electrons. The van der Waals surface area contributed by atoms with Crippen molar-refractivity contribution in [1.82, 2.24) is 9.13 Å². The predicted molar refractivity (Wildman–Crippen MR) is 448 cm³/mol. The Kier molecular flexibility index (Phi) is 13.1. The minimum atomic E-state index is -1.51. The van der Waals surface area contributed by atoms with Gasteiger partial charge in [-0.15, -0.1) is 0 Å². The van der Waals surface area contributed by atoms with Crippen LogP contribution in [0.25, 0.3) is 165 Å². The fourth-order valence-corrected chi connectivity index (χ4v) is 20.3. The number of aromatic nitrogens is 2. The van der Waals surface area contributed by atoms with E-state index in [0.29, 0.717) is 11.0 Å². The first-order valence-corrected chi connectivity index (χ1v) is 38.0. The molecule has 0 amide bonds. The summed E-state index contributed by atoms with van der Waals surface area (Å²) < 4.78 is 26.2. The SMILES string of the molecule is Brc1ccc2c(c1)c1cc(Br)cc3c1n2-c1ccccc1C31c2ccccc2-c2ccccc21.OB(O)c1cccc2c1oc1ccccc12.c1ccc2c(c1)-c1ccccc1C21c2ccccc2-n2c3ccc(-c4cccc5c4oc4ccccc45)cc3c3cc(-c4cccc5c4oc4ccccc45)cc1c32. The summed E-state index contributed by atoms with van der Waals surface area (Å²) in [6.07, 6.45) is 0. The Labute approximate surface area is 635 Å². The van der Waals surface area contributed by atoms with E-state index in [0.717, 1.165) is 91.4 Å². The summed E-state index contributed by atoms with van der Waals surface area (Å²) in [4.78, 5) is 0. The van der Waals surface area contributed by atoms with E-state index in [-0.39, 0.29) is 5.41 Å². The minimum Gasteiger partial charge on any atom is -0.456 e. The van der Waals surface area contributed by atoms with Crippen LogP contribution in [0.3, 0.4) is 0 Å². The van der Waals surface area contributed by atoms with Crippen LogP contribution in [0.5, 0.6) is 0 Å². The van der Waals surface area contributed by atoms with E-state index in [2.05, 4.69) is 326 Å². The van der Waals surface area contributed by atoms with Gasteiger partial charge in [0.2, 0.25) is 0 Å². The van der Waals surface area contributed by atoms with E-state index in [1.54, 1.807) is 12.1 Å². The molecule has 0 radical (unpaired) electrons. The monoisotopic (exact) mass is 1510 g/mol. The molecule has 2 spiro atoms. The highest BCUT2D eigenvalue weighted by atomic mass is 79.9. The van der Waals surface area contributed by atoms with E-state index in [1.165, 1.54) is 122 Å². The summed E-state index contributed by atoms with van der Waals surface area (Å²) in [6, 6.07) is 120. The summed E-state index contributed by atoms with van der Waals surface area (Å²) in [5.41, 5.74) is 32.1. The standard InChI is InChI=1S/C55H31NO2.C31H17Br2N.C12H9BO3/c1-5-21-44-36(13-1)37-14-2-6-22-45(37)55(44)46-23-7-8-24-49(46)56-48-28-27-32(34-17-11-19-40-38-15-3-9-25-50(38)57-53(34)40)29-42(48)43-30-33(31-47(55)52(43)56)35-18-12-20-41-39-16-4-10-26-51(39)58-54(35)41;32-18-13-14-28-22(15-18)23-16-19(33)17-27-30(23)34(28)29-12-6-5-11-26(29)31(27)24-9-3-1-7-20(24)21-8-2-4-10-25(21)31;14-13(15)10-6-3-5-9-8-4-1-2-7-11(8)16-12(9)10/h1-31H;1-17H;1-7,14-15H. The zero-order valence-electron chi connectivity index (χ0n) is 57.6. The average molecular weight is 1510 g/mol. The Morgan fingerprint density at radius 1 is 0.259 bits per heavy atom. The molecule has 0 unspecified atom stereocenters. The van der Waals surface area contributed by atoms with E-state index >= 15 is 0 Å². The van der Waals surface area contributed by atoms with Gasteiger partial charge in [0.15, 0.2) is 0 Å². The lowest BCUT2D eigenvalue weighted by atomic mass is 9.65. The van der Waals surface area contributed by atoms with E-state index < -0.39 is 12.5 Å². The molecule has 7 nitrogen and oxygen atoms in total. The summed E-state index contributed by atoms with van der Waals surface area (Å²) in [6.45, 7) is 0. The number of para-hydroxylation sites is 8. The van der Waals surface area contributed by atoms with Crippen LogP contribution < -0.4 is 5.46 Å². The molecule has 16 aromatic carbocycles. The molecule has 108 heavy (non-hydrogen) atoms. The maximum absolute atomic E-state index is 9.24. The van der Waals surface area contributed by atoms with Crippen LogP contribution >= 0.6 is 31.9 Å². The molecule has 7 heterocycles. The first-order chi connectivity index (χ1) is 53.2. The Hall–Kier alpha value is -12.5. The second kappa shape index (κ2) is 23.0. The van der Waals surface area contributed by atoms with Crippen LogP contribution in [0, 0.1) is 0 Å². The number of hydrogen-bond acceptors (Lipinski definition) is 5. The van der Waals surface area contributed by atoms with Crippen LogP contribution in [0.1, 0.15) is 44.5 Å². The molecule has 21 aromatic rings. The highest BCUT2D eigenvalue weighted by Gasteiger charge is 2.53. The van der Waals surface area contributed by atoms with Crippen molar-refractivity contribution in [2.45, 2.75) is 10.8 Å². The number of fused-ring (bicyclic) bond motifs is 33. The van der Waals surface area contributed by atoms with E-state index in [1.807, 2.05) is 36.4 Å². The van der Waals surface area contributed by atoms with E-state index in [4.69, 9.17) is 13.3 Å². The normalized spacial score (nSPS) is 13.5. The van der Waals surface area contributed by atoms with Gasteiger partial charge in [-0.3, -0.25) is 0 Å². The van der Waals surface area contributed by atoms with Gasteiger partial charge in [-0.05, 0) is 163 Å². The second-order valence-electron chi connectivity index (χ2n) is 28.8. The molecule has 10 heteroatoms. The fraction of sp³-hybridized carbons (Fsp3) is 0.0204. The molecule has 0 atom stereocenters. The molecule has 0 saturated carbocycles. The van der Waals surface area contributed by atoms with Crippen molar-refractivity contribution in [3.8, 4) is 55.9 Å². The quantitative estimate of drug-likeness (QED) is 0.172. The highest BCUT2D eigenvalue weighted by molar-refractivity contribution is 9.10. The lowest BCUT2D eigenvalue weighted by Crippen LogP contribution is -2.33. The summed E-state index contributed by atoms with van der Waals surface area (Å²) in [5, 5.41) is 29.8. The first kappa shape index (κ1) is 61.7. The predicted octanol–water partition coefficient (Wildman–Crippen LogP) is 24.8. The average Bonchev–Trinajstić information content (AvgIpc) is 1.49. The van der Waals surface area contributed by atoms with Gasteiger partial charge in [-0.25, -0.2) is 0 Å². The zero-order valence-corrected chi connectivity index (χ0v) is 60.8. The maximum Gasteiger partial charge on any atom is 0.492 e. The van der Waals surface area contributed by atoms with Crippen molar-refractivity contribution in [2.24, 2.45) is 0 Å². The molecule has 5 aromatic heterocycles. The molecular formula is C98H57BBr2N2O5. The molecule has 0 bridgehead atoms. The lowest BCUT2D eigenvalue weighted by molar-refractivity contribution is 0.425. The Morgan fingerprint density at radius 3 is 1.13 bits per heavy atom. The van der Waals surface area contributed by atoms with E-state index in [9.17, 15) is 10.0 Å². The van der Waals surface area contributed by atoms with Gasteiger partial charge < -0.3 is 32.4 Å². The van der Waals surface area contributed by atoms with Gasteiger partial charge in [0.25, 0.3) is 0 Å². The van der Waals surface area contributed by atoms with Crippen molar-refractivity contribution in [3.63, 3.8) is 0 Å². The first-order valence-electron chi connectivity index (χ1n) is 36.5. The largest absolute Gasteiger partial charge is 0.492 e. The zero-order chi connectivity index (χ0) is 71.4. The lowest BCUT2D eigenvalue weighted by Gasteiger charge is -2.39. The van der Waals surface area contributed by atoms with Crippen LogP contribution in [-0.4, -0.2) is 26.3 Å². The fourth-order valence-electron chi connectivity index (χ4n) is 19.4. The van der Waals surface area contributed by atoms with Crippen molar-refractivity contribution >= 4 is 154 Å². The van der Waals surface area contributed by atoms with Gasteiger partial charge in [0.1, 0.15) is 33.5 Å². The number of furan rings is 3. The third kappa shape index (κ3) is 8.29. The van der Waals surface area contributed by atoms with Crippen LogP contribution in [0.2, 0.25) is 0 Å². The van der Waals surface area contributed by atoms with Crippen molar-refractivity contribution in [1.29, 1.82) is 0 Å². The molecular weight excluding hydrogens is 1460 g/mol. The molecule has 0 fully saturated rings. The number of hydrogen-bond donors (Lipinski definition) is 2.